The van der Waals surface area contributed by atoms with Crippen LogP contribution in [0.15, 0.2) is 60.7 Å². The van der Waals surface area contributed by atoms with Gasteiger partial charge in [0.05, 0.1) is 19.6 Å². The number of fused-ring (bicyclic) bond motifs is 3. The number of nitrogens with one attached hydrogen (secondary N) is 1. The maximum absolute atomic E-state index is 11.9. The van der Waals surface area contributed by atoms with Crippen molar-refractivity contribution in [3.8, 4) is 0 Å². The van der Waals surface area contributed by atoms with E-state index in [1.807, 2.05) is 12.1 Å². The highest BCUT2D eigenvalue weighted by molar-refractivity contribution is 5.28. The Labute approximate surface area is 138 Å². The Hall–Kier alpha value is -1.64. The van der Waals surface area contributed by atoms with Gasteiger partial charge in [-0.3, -0.25) is 0 Å². The van der Waals surface area contributed by atoms with Crippen LogP contribution in [-0.4, -0.2) is 24.7 Å². The lowest BCUT2D eigenvalue weighted by atomic mass is 9.66. The number of aliphatic hydroxyl groups is 1. The predicted molar refractivity (Wildman–Crippen MR) is 92.3 cm³/mol. The van der Waals surface area contributed by atoms with Crippen molar-refractivity contribution in [2.24, 2.45) is 11.8 Å². The minimum Gasteiger partial charge on any atom is -0.384 e. The molecule has 5 rings (SSSR count). The smallest absolute Gasteiger partial charge is 0.102 e. The molecule has 3 saturated heterocycles. The fourth-order valence-electron chi connectivity index (χ4n) is 4.77. The fraction of sp³-hybridized carbons (Fsp3) is 0.429. The lowest BCUT2D eigenvalue weighted by molar-refractivity contribution is -0.922. The van der Waals surface area contributed by atoms with Crippen LogP contribution in [0.3, 0.4) is 0 Å². The third-order valence-corrected chi connectivity index (χ3v) is 6.02. The van der Waals surface area contributed by atoms with Crippen molar-refractivity contribution in [1.82, 2.24) is 0 Å². The zero-order chi connectivity index (χ0) is 15.7. The van der Waals surface area contributed by atoms with Gasteiger partial charge in [0.15, 0.2) is 0 Å². The van der Waals surface area contributed by atoms with Gasteiger partial charge in [-0.2, -0.15) is 0 Å². The van der Waals surface area contributed by atoms with Gasteiger partial charge < -0.3 is 10.0 Å². The van der Waals surface area contributed by atoms with E-state index >= 15 is 0 Å². The van der Waals surface area contributed by atoms with Gasteiger partial charge >= 0.3 is 0 Å². The Balaban J connectivity index is 1.72. The molecule has 3 heterocycles. The molecule has 0 spiro atoms. The average molecular weight is 308 g/mol. The number of hydrogen-bond acceptors (Lipinski definition) is 1. The van der Waals surface area contributed by atoms with Crippen molar-refractivity contribution in [3.63, 3.8) is 0 Å². The average Bonchev–Trinajstić information content (AvgIpc) is 2.64. The molecule has 0 unspecified atom stereocenters. The van der Waals surface area contributed by atoms with E-state index in [1.165, 1.54) is 31.5 Å². The van der Waals surface area contributed by atoms with Gasteiger partial charge in [-0.25, -0.2) is 0 Å². The molecule has 3 fully saturated rings. The topological polar surface area (TPSA) is 24.7 Å². The van der Waals surface area contributed by atoms with Crippen molar-refractivity contribution in [3.05, 3.63) is 71.8 Å². The van der Waals surface area contributed by atoms with E-state index in [0.29, 0.717) is 18.3 Å². The molecule has 2 atom stereocenters. The summed E-state index contributed by atoms with van der Waals surface area (Å²) in [6, 6.07) is 20.8. The highest BCUT2D eigenvalue weighted by Crippen LogP contribution is 2.41. The van der Waals surface area contributed by atoms with Gasteiger partial charge in [0.1, 0.15) is 5.60 Å². The van der Waals surface area contributed by atoms with Gasteiger partial charge in [0.25, 0.3) is 0 Å². The first-order valence-corrected chi connectivity index (χ1v) is 8.91. The van der Waals surface area contributed by atoms with Crippen LogP contribution in [0.1, 0.15) is 24.0 Å². The molecule has 23 heavy (non-hydrogen) atoms. The normalized spacial score (nSPS) is 29.2. The SMILES string of the molecule is O[C@](Cc1ccccc1)(c1ccccc1)[C@H]1C[NH+]2CCC1CC2. The molecule has 0 radical (unpaired) electrons. The second-order valence-corrected chi connectivity index (χ2v) is 7.35. The largest absolute Gasteiger partial charge is 0.384 e. The summed E-state index contributed by atoms with van der Waals surface area (Å²) < 4.78 is 0. The first-order chi connectivity index (χ1) is 11.3. The molecule has 0 aromatic heterocycles. The molecule has 120 valence electrons. The summed E-state index contributed by atoms with van der Waals surface area (Å²) in [6.07, 6.45) is 3.25. The molecule has 3 aliphatic rings. The summed E-state index contributed by atoms with van der Waals surface area (Å²) in [7, 11) is 0. The Bertz CT molecular complexity index is 633. The number of piperidine rings is 3. The van der Waals surface area contributed by atoms with Gasteiger partial charge in [-0.1, -0.05) is 60.7 Å². The third kappa shape index (κ3) is 2.82. The van der Waals surface area contributed by atoms with E-state index in [0.717, 1.165) is 12.1 Å². The van der Waals surface area contributed by atoms with Gasteiger partial charge in [-0.05, 0) is 17.0 Å². The van der Waals surface area contributed by atoms with Crippen LogP contribution in [-0.2, 0) is 12.0 Å². The zero-order valence-corrected chi connectivity index (χ0v) is 13.6. The lowest BCUT2D eigenvalue weighted by Gasteiger charge is -2.49. The van der Waals surface area contributed by atoms with Crippen molar-refractivity contribution < 1.29 is 10.0 Å². The Morgan fingerprint density at radius 2 is 1.52 bits per heavy atom. The lowest BCUT2D eigenvalue weighted by Crippen LogP contribution is -3.16. The van der Waals surface area contributed by atoms with E-state index in [1.54, 1.807) is 4.90 Å². The fourth-order valence-corrected chi connectivity index (χ4v) is 4.77. The van der Waals surface area contributed by atoms with E-state index in [-0.39, 0.29) is 0 Å². The first kappa shape index (κ1) is 14.9. The minimum absolute atomic E-state index is 0.364. The van der Waals surface area contributed by atoms with Gasteiger partial charge in [0, 0.05) is 25.2 Å². The Kier molecular flexibility index (Phi) is 3.96. The van der Waals surface area contributed by atoms with E-state index < -0.39 is 5.60 Å². The van der Waals surface area contributed by atoms with Crippen LogP contribution in [0.2, 0.25) is 0 Å². The molecule has 0 saturated carbocycles. The maximum Gasteiger partial charge on any atom is 0.102 e. The van der Waals surface area contributed by atoms with Crippen molar-refractivity contribution >= 4 is 0 Å². The summed E-state index contributed by atoms with van der Waals surface area (Å²) in [6.45, 7) is 3.69. The molecule has 2 aromatic rings. The highest BCUT2D eigenvalue weighted by atomic mass is 16.3. The molecule has 2 N–H and O–H groups in total. The molecule has 2 bridgehead atoms. The summed E-state index contributed by atoms with van der Waals surface area (Å²) in [5.74, 6) is 1.03. The number of benzene rings is 2. The third-order valence-electron chi connectivity index (χ3n) is 6.02. The molecule has 3 aliphatic heterocycles. The van der Waals surface area contributed by atoms with Crippen molar-refractivity contribution in [2.45, 2.75) is 24.9 Å². The van der Waals surface area contributed by atoms with Crippen LogP contribution in [0.4, 0.5) is 0 Å². The monoisotopic (exact) mass is 308 g/mol. The number of rotatable bonds is 4. The second kappa shape index (κ2) is 6.10. The molecular weight excluding hydrogens is 282 g/mol. The standard InChI is InChI=1S/C21H25NO/c23-21(19-9-5-2-6-10-19,15-17-7-3-1-4-8-17)20-16-22-13-11-18(20)12-14-22/h1-10,18,20,23H,11-16H2/p+1/t20-,21+/m0/s1. The van der Waals surface area contributed by atoms with Crippen LogP contribution in [0, 0.1) is 11.8 Å². The summed E-state index contributed by atoms with van der Waals surface area (Å²) in [4.78, 5) is 1.68. The second-order valence-electron chi connectivity index (χ2n) is 7.35. The van der Waals surface area contributed by atoms with Crippen LogP contribution >= 0.6 is 0 Å². The number of quaternary nitrogens is 1. The van der Waals surface area contributed by atoms with Gasteiger partial charge in [0.2, 0.25) is 0 Å². The van der Waals surface area contributed by atoms with Crippen molar-refractivity contribution in [2.75, 3.05) is 19.6 Å². The van der Waals surface area contributed by atoms with Crippen LogP contribution < -0.4 is 4.90 Å². The Morgan fingerprint density at radius 3 is 2.09 bits per heavy atom. The van der Waals surface area contributed by atoms with Crippen LogP contribution in [0.5, 0.6) is 0 Å². The molecule has 2 aromatic carbocycles. The molecule has 2 heteroatoms. The summed E-state index contributed by atoms with van der Waals surface area (Å²) in [5.41, 5.74) is 1.56. The summed E-state index contributed by atoms with van der Waals surface area (Å²) >= 11 is 0. The van der Waals surface area contributed by atoms with Crippen molar-refractivity contribution in [1.29, 1.82) is 0 Å². The molecule has 0 amide bonds. The van der Waals surface area contributed by atoms with Gasteiger partial charge in [-0.15, -0.1) is 0 Å². The zero-order valence-electron chi connectivity index (χ0n) is 13.6. The number of hydrogen-bond donors (Lipinski definition) is 2. The predicted octanol–water partition coefficient (Wildman–Crippen LogP) is 2.04. The first-order valence-electron chi connectivity index (χ1n) is 8.91. The Morgan fingerprint density at radius 1 is 0.913 bits per heavy atom. The quantitative estimate of drug-likeness (QED) is 0.888. The highest BCUT2D eigenvalue weighted by Gasteiger charge is 2.49. The van der Waals surface area contributed by atoms with E-state index in [2.05, 4.69) is 48.5 Å². The van der Waals surface area contributed by atoms with E-state index in [4.69, 9.17) is 0 Å². The molecular formula is C21H26NO+. The van der Waals surface area contributed by atoms with E-state index in [9.17, 15) is 5.11 Å². The summed E-state index contributed by atoms with van der Waals surface area (Å²) in [5, 5.41) is 11.9. The minimum atomic E-state index is -0.751. The molecule has 2 nitrogen and oxygen atoms in total. The molecule has 0 aliphatic carbocycles. The maximum atomic E-state index is 11.9. The van der Waals surface area contributed by atoms with Crippen LogP contribution in [0.25, 0.3) is 0 Å².